The van der Waals surface area contributed by atoms with Crippen molar-refractivity contribution < 1.29 is 13.6 Å². The Balaban J connectivity index is 1.74. The highest BCUT2D eigenvalue weighted by Crippen LogP contribution is 2.32. The highest BCUT2D eigenvalue weighted by molar-refractivity contribution is 7.99. The van der Waals surface area contributed by atoms with Crippen molar-refractivity contribution in [3.63, 3.8) is 0 Å². The van der Waals surface area contributed by atoms with Gasteiger partial charge in [0.25, 0.3) is 0 Å². The fraction of sp³-hybridized carbons (Fsp3) is 0.333. The number of carbonyl (C=O) groups excluding carboxylic acids is 1. The Labute approximate surface area is 177 Å². The van der Waals surface area contributed by atoms with Gasteiger partial charge in [-0.3, -0.25) is 9.69 Å². The lowest BCUT2D eigenvalue weighted by Gasteiger charge is -2.21. The van der Waals surface area contributed by atoms with E-state index in [1.165, 1.54) is 6.07 Å². The van der Waals surface area contributed by atoms with Crippen LogP contribution in [0.1, 0.15) is 12.8 Å². The summed E-state index contributed by atoms with van der Waals surface area (Å²) in [6.45, 7) is 1.30. The van der Waals surface area contributed by atoms with Crippen molar-refractivity contribution in [2.75, 3.05) is 37.8 Å². The highest BCUT2D eigenvalue weighted by Gasteiger charge is 2.21. The van der Waals surface area contributed by atoms with Crippen LogP contribution in [-0.4, -0.2) is 48.7 Å². The SMILES string of the molecule is CN(C)CCCN(C(=O)CCSc1ccccc1)c1nc2c(F)cc(F)cc2s1. The van der Waals surface area contributed by atoms with Crippen LogP contribution in [0, 0.1) is 11.6 Å². The van der Waals surface area contributed by atoms with Gasteiger partial charge in [-0.25, -0.2) is 13.8 Å². The summed E-state index contributed by atoms with van der Waals surface area (Å²) in [6, 6.07) is 12.0. The molecule has 3 aromatic rings. The Bertz CT molecular complexity index is 963. The van der Waals surface area contributed by atoms with E-state index in [1.54, 1.807) is 16.7 Å². The number of anilines is 1. The topological polar surface area (TPSA) is 36.4 Å². The molecule has 1 amide bonds. The quantitative estimate of drug-likeness (QED) is 0.441. The largest absolute Gasteiger partial charge is 0.309 e. The summed E-state index contributed by atoms with van der Waals surface area (Å²) in [5.74, 6) is -0.772. The molecule has 8 heteroatoms. The molecule has 29 heavy (non-hydrogen) atoms. The standard InChI is InChI=1S/C21H23F2N3OS2/c1-25(2)10-6-11-26(19(27)9-12-28-16-7-4-3-5-8-16)21-24-20-17(23)13-15(22)14-18(20)29-21/h3-5,7-8,13-14H,6,9-12H2,1-2H3. The number of amides is 1. The third-order valence-corrected chi connectivity index (χ3v) is 6.29. The molecule has 3 rings (SSSR count). The molecule has 154 valence electrons. The van der Waals surface area contributed by atoms with E-state index in [0.29, 0.717) is 28.5 Å². The molecule has 0 spiro atoms. The first-order chi connectivity index (χ1) is 13.9. The van der Waals surface area contributed by atoms with Crippen molar-refractivity contribution in [2.45, 2.75) is 17.7 Å². The zero-order valence-electron chi connectivity index (χ0n) is 16.4. The van der Waals surface area contributed by atoms with Crippen LogP contribution in [-0.2, 0) is 4.79 Å². The van der Waals surface area contributed by atoms with Crippen LogP contribution in [0.5, 0.6) is 0 Å². The minimum absolute atomic E-state index is 0.0628. The van der Waals surface area contributed by atoms with E-state index < -0.39 is 11.6 Å². The number of thioether (sulfide) groups is 1. The molecular formula is C21H23F2N3OS2. The average Bonchev–Trinajstić information content (AvgIpc) is 3.09. The number of fused-ring (bicyclic) bond motifs is 1. The molecular weight excluding hydrogens is 412 g/mol. The van der Waals surface area contributed by atoms with Gasteiger partial charge in [-0.2, -0.15) is 0 Å². The number of nitrogens with zero attached hydrogens (tertiary/aromatic N) is 3. The van der Waals surface area contributed by atoms with E-state index in [1.807, 2.05) is 49.3 Å². The molecule has 0 fully saturated rings. The van der Waals surface area contributed by atoms with Crippen LogP contribution in [0.15, 0.2) is 47.4 Å². The van der Waals surface area contributed by atoms with Crippen LogP contribution in [0.25, 0.3) is 10.2 Å². The second-order valence-electron chi connectivity index (χ2n) is 6.84. The van der Waals surface area contributed by atoms with E-state index in [0.717, 1.165) is 35.3 Å². The smallest absolute Gasteiger partial charge is 0.229 e. The Kier molecular flexibility index (Phi) is 7.57. The lowest BCUT2D eigenvalue weighted by Crippen LogP contribution is -2.33. The molecule has 4 nitrogen and oxygen atoms in total. The predicted molar refractivity (Wildman–Crippen MR) is 117 cm³/mol. The van der Waals surface area contributed by atoms with Gasteiger partial charge in [0.2, 0.25) is 5.91 Å². The van der Waals surface area contributed by atoms with Gasteiger partial charge in [0.05, 0.1) is 4.70 Å². The van der Waals surface area contributed by atoms with Crippen molar-refractivity contribution in [1.29, 1.82) is 0 Å². The van der Waals surface area contributed by atoms with Crippen molar-refractivity contribution in [1.82, 2.24) is 9.88 Å². The molecule has 0 aliphatic carbocycles. The molecule has 0 aliphatic rings. The number of rotatable bonds is 9. The number of halogens is 2. The second kappa shape index (κ2) is 10.1. The zero-order chi connectivity index (χ0) is 20.8. The van der Waals surface area contributed by atoms with Gasteiger partial charge in [0, 0.05) is 29.7 Å². The Morgan fingerprint density at radius 2 is 1.90 bits per heavy atom. The summed E-state index contributed by atoms with van der Waals surface area (Å²) < 4.78 is 28.0. The van der Waals surface area contributed by atoms with Crippen molar-refractivity contribution in [2.24, 2.45) is 0 Å². The van der Waals surface area contributed by atoms with Crippen molar-refractivity contribution in [3.8, 4) is 0 Å². The van der Waals surface area contributed by atoms with Gasteiger partial charge in [-0.1, -0.05) is 29.5 Å². The maximum Gasteiger partial charge on any atom is 0.229 e. The summed E-state index contributed by atoms with van der Waals surface area (Å²) in [5, 5.41) is 0.415. The molecule has 1 heterocycles. The van der Waals surface area contributed by atoms with Crippen LogP contribution in [0.4, 0.5) is 13.9 Å². The molecule has 0 bridgehead atoms. The molecule has 0 radical (unpaired) electrons. The molecule has 0 saturated heterocycles. The Hall–Kier alpha value is -2.03. The first-order valence-electron chi connectivity index (χ1n) is 9.32. The minimum Gasteiger partial charge on any atom is -0.309 e. The van der Waals surface area contributed by atoms with E-state index in [-0.39, 0.29) is 11.4 Å². The van der Waals surface area contributed by atoms with Crippen molar-refractivity contribution in [3.05, 3.63) is 54.1 Å². The first kappa shape index (κ1) is 21.7. The number of carbonyl (C=O) groups is 1. The van der Waals surface area contributed by atoms with Gasteiger partial charge in [-0.05, 0) is 45.3 Å². The molecule has 0 saturated carbocycles. The monoisotopic (exact) mass is 435 g/mol. The number of benzene rings is 2. The number of hydrogen-bond donors (Lipinski definition) is 0. The van der Waals surface area contributed by atoms with Crippen molar-refractivity contribution >= 4 is 44.4 Å². The fourth-order valence-corrected chi connectivity index (χ4v) is 4.75. The van der Waals surface area contributed by atoms with Gasteiger partial charge in [-0.15, -0.1) is 11.8 Å². The van der Waals surface area contributed by atoms with Crippen LogP contribution in [0.3, 0.4) is 0 Å². The minimum atomic E-state index is -0.706. The average molecular weight is 436 g/mol. The van der Waals surface area contributed by atoms with E-state index in [2.05, 4.69) is 4.98 Å². The summed E-state index contributed by atoms with van der Waals surface area (Å²) in [4.78, 5) is 22.0. The third-order valence-electron chi connectivity index (χ3n) is 4.25. The van der Waals surface area contributed by atoms with Gasteiger partial charge >= 0.3 is 0 Å². The zero-order valence-corrected chi connectivity index (χ0v) is 18.0. The van der Waals surface area contributed by atoms with E-state index in [9.17, 15) is 13.6 Å². The summed E-state index contributed by atoms with van der Waals surface area (Å²) in [5.41, 5.74) is 0.107. The predicted octanol–water partition coefficient (Wildman–Crippen LogP) is 5.04. The summed E-state index contributed by atoms with van der Waals surface area (Å²) >= 11 is 2.76. The lowest BCUT2D eigenvalue weighted by atomic mass is 10.3. The Morgan fingerprint density at radius 1 is 1.14 bits per heavy atom. The summed E-state index contributed by atoms with van der Waals surface area (Å²) in [7, 11) is 3.94. The van der Waals surface area contributed by atoms with Crippen LogP contribution in [0.2, 0.25) is 0 Å². The number of hydrogen-bond acceptors (Lipinski definition) is 5. The maximum atomic E-state index is 14.1. The highest BCUT2D eigenvalue weighted by atomic mass is 32.2. The maximum absolute atomic E-state index is 14.1. The number of thiazole rings is 1. The fourth-order valence-electron chi connectivity index (χ4n) is 2.84. The third kappa shape index (κ3) is 5.98. The molecule has 2 aromatic carbocycles. The van der Waals surface area contributed by atoms with Gasteiger partial charge in [0.1, 0.15) is 11.3 Å². The van der Waals surface area contributed by atoms with Gasteiger partial charge < -0.3 is 4.90 Å². The second-order valence-corrected chi connectivity index (χ2v) is 9.02. The molecule has 1 aromatic heterocycles. The normalized spacial score (nSPS) is 11.3. The van der Waals surface area contributed by atoms with E-state index >= 15 is 0 Å². The first-order valence-corrected chi connectivity index (χ1v) is 11.1. The van der Waals surface area contributed by atoms with Gasteiger partial charge in [0.15, 0.2) is 10.9 Å². The molecule has 0 N–H and O–H groups in total. The van der Waals surface area contributed by atoms with Crippen LogP contribution >= 0.6 is 23.1 Å². The lowest BCUT2D eigenvalue weighted by molar-refractivity contribution is -0.118. The molecule has 0 atom stereocenters. The Morgan fingerprint density at radius 3 is 2.62 bits per heavy atom. The van der Waals surface area contributed by atoms with E-state index in [4.69, 9.17) is 0 Å². The molecule has 0 aliphatic heterocycles. The van der Waals surface area contributed by atoms with Crippen LogP contribution < -0.4 is 4.90 Å². The number of aromatic nitrogens is 1. The summed E-state index contributed by atoms with van der Waals surface area (Å²) in [6.07, 6.45) is 1.10. The molecule has 0 unspecified atom stereocenters.